The van der Waals surface area contributed by atoms with Gasteiger partial charge in [-0.25, -0.2) is 4.98 Å². The minimum Gasteiger partial charge on any atom is -0.436 e. The standard InChI is InChI=1S/C10H15F3N2O/c1-9(2,3)7-6(5-14-4)16-8(15-7)10(11,12)13/h14H,5H2,1-4H3. The van der Waals surface area contributed by atoms with Gasteiger partial charge < -0.3 is 9.73 Å². The third-order valence-electron chi connectivity index (χ3n) is 1.99. The fourth-order valence-electron chi connectivity index (χ4n) is 1.34. The summed E-state index contributed by atoms with van der Waals surface area (Å²) in [6, 6.07) is 0. The molecule has 0 unspecified atom stereocenters. The molecule has 1 heterocycles. The number of alkyl halides is 3. The summed E-state index contributed by atoms with van der Waals surface area (Å²) in [6.07, 6.45) is -4.54. The van der Waals surface area contributed by atoms with Crippen LogP contribution in [-0.4, -0.2) is 12.0 Å². The summed E-state index contributed by atoms with van der Waals surface area (Å²) in [5.41, 5.74) is -0.131. The molecule has 1 N–H and O–H groups in total. The van der Waals surface area contributed by atoms with Crippen molar-refractivity contribution in [2.75, 3.05) is 7.05 Å². The van der Waals surface area contributed by atoms with Crippen LogP contribution in [0.1, 0.15) is 38.1 Å². The maximum absolute atomic E-state index is 12.4. The number of oxazole rings is 1. The highest BCUT2D eigenvalue weighted by molar-refractivity contribution is 5.19. The second kappa shape index (κ2) is 4.08. The van der Waals surface area contributed by atoms with Crippen LogP contribution in [0.2, 0.25) is 0 Å². The van der Waals surface area contributed by atoms with Crippen LogP contribution in [0.5, 0.6) is 0 Å². The van der Waals surface area contributed by atoms with E-state index < -0.39 is 17.5 Å². The number of aromatic nitrogens is 1. The van der Waals surface area contributed by atoms with Gasteiger partial charge in [-0.05, 0) is 7.05 Å². The number of nitrogens with zero attached hydrogens (tertiary/aromatic N) is 1. The van der Waals surface area contributed by atoms with Crippen molar-refractivity contribution < 1.29 is 17.6 Å². The Morgan fingerprint density at radius 3 is 2.19 bits per heavy atom. The molecule has 16 heavy (non-hydrogen) atoms. The van der Waals surface area contributed by atoms with Crippen LogP contribution in [0.15, 0.2) is 4.42 Å². The molecule has 0 aliphatic carbocycles. The first-order chi connectivity index (χ1) is 7.16. The molecule has 92 valence electrons. The van der Waals surface area contributed by atoms with E-state index in [1.54, 1.807) is 27.8 Å². The number of hydrogen-bond donors (Lipinski definition) is 1. The van der Waals surface area contributed by atoms with Crippen molar-refractivity contribution in [3.05, 3.63) is 17.3 Å². The van der Waals surface area contributed by atoms with E-state index in [0.29, 0.717) is 5.69 Å². The number of nitrogens with one attached hydrogen (secondary N) is 1. The van der Waals surface area contributed by atoms with Gasteiger partial charge in [0.1, 0.15) is 5.76 Å². The lowest BCUT2D eigenvalue weighted by molar-refractivity contribution is -0.157. The lowest BCUT2D eigenvalue weighted by Crippen LogP contribution is -2.17. The molecule has 0 spiro atoms. The molecule has 1 aromatic rings. The van der Waals surface area contributed by atoms with E-state index in [1.807, 2.05) is 0 Å². The molecule has 0 aliphatic rings. The van der Waals surface area contributed by atoms with E-state index in [9.17, 15) is 13.2 Å². The van der Waals surface area contributed by atoms with E-state index in [-0.39, 0.29) is 12.3 Å². The Kier molecular flexibility index (Phi) is 3.33. The largest absolute Gasteiger partial charge is 0.468 e. The van der Waals surface area contributed by atoms with Gasteiger partial charge in [-0.2, -0.15) is 13.2 Å². The highest BCUT2D eigenvalue weighted by Crippen LogP contribution is 2.33. The van der Waals surface area contributed by atoms with E-state index in [0.717, 1.165) is 0 Å². The van der Waals surface area contributed by atoms with Crippen LogP contribution in [-0.2, 0) is 18.1 Å². The molecular weight excluding hydrogens is 221 g/mol. The first-order valence-electron chi connectivity index (χ1n) is 4.88. The average molecular weight is 236 g/mol. The third-order valence-corrected chi connectivity index (χ3v) is 1.99. The smallest absolute Gasteiger partial charge is 0.436 e. The van der Waals surface area contributed by atoms with Gasteiger partial charge in [-0.3, -0.25) is 0 Å². The van der Waals surface area contributed by atoms with Crippen molar-refractivity contribution in [3.8, 4) is 0 Å². The van der Waals surface area contributed by atoms with Crippen molar-refractivity contribution in [2.24, 2.45) is 0 Å². The molecule has 0 aliphatic heterocycles. The summed E-state index contributed by atoms with van der Waals surface area (Å²) in [5, 5.41) is 2.76. The molecule has 0 saturated heterocycles. The van der Waals surface area contributed by atoms with Crippen molar-refractivity contribution in [1.82, 2.24) is 10.3 Å². The zero-order chi connectivity index (χ0) is 12.6. The van der Waals surface area contributed by atoms with Crippen LogP contribution in [0, 0.1) is 0 Å². The summed E-state index contributed by atoms with van der Waals surface area (Å²) >= 11 is 0. The van der Waals surface area contributed by atoms with Crippen LogP contribution < -0.4 is 5.32 Å². The lowest BCUT2D eigenvalue weighted by atomic mass is 9.91. The van der Waals surface area contributed by atoms with Gasteiger partial charge in [-0.15, -0.1) is 0 Å². The van der Waals surface area contributed by atoms with Crippen LogP contribution in [0.3, 0.4) is 0 Å². The summed E-state index contributed by atoms with van der Waals surface area (Å²) < 4.78 is 42.0. The molecule has 0 fully saturated rings. The second-order valence-corrected chi connectivity index (χ2v) is 4.57. The summed E-state index contributed by atoms with van der Waals surface area (Å²) in [5.74, 6) is -0.940. The van der Waals surface area contributed by atoms with Crippen molar-refractivity contribution in [1.29, 1.82) is 0 Å². The van der Waals surface area contributed by atoms with E-state index in [1.165, 1.54) is 0 Å². The Balaban J connectivity index is 3.21. The normalized spacial score (nSPS) is 13.2. The molecule has 3 nitrogen and oxygen atoms in total. The highest BCUT2D eigenvalue weighted by Gasteiger charge is 2.39. The van der Waals surface area contributed by atoms with Crippen molar-refractivity contribution >= 4 is 0 Å². The number of hydrogen-bond acceptors (Lipinski definition) is 3. The van der Waals surface area contributed by atoms with Crippen LogP contribution in [0.25, 0.3) is 0 Å². The number of rotatable bonds is 2. The Bertz CT molecular complexity index is 363. The van der Waals surface area contributed by atoms with Gasteiger partial charge in [0, 0.05) is 5.41 Å². The monoisotopic (exact) mass is 236 g/mol. The molecule has 0 saturated carbocycles. The molecular formula is C10H15F3N2O. The van der Waals surface area contributed by atoms with Gasteiger partial charge in [0.2, 0.25) is 0 Å². The first kappa shape index (κ1) is 13.0. The molecule has 1 rings (SSSR count). The molecule has 0 aromatic carbocycles. The second-order valence-electron chi connectivity index (χ2n) is 4.57. The lowest BCUT2D eigenvalue weighted by Gasteiger charge is -2.16. The summed E-state index contributed by atoms with van der Waals surface area (Å²) in [7, 11) is 1.64. The minimum atomic E-state index is -4.54. The molecule has 0 bridgehead atoms. The van der Waals surface area contributed by atoms with Gasteiger partial charge in [0.05, 0.1) is 12.2 Å². The predicted octanol–water partition coefficient (Wildman–Crippen LogP) is 2.71. The summed E-state index contributed by atoms with van der Waals surface area (Å²) in [6.45, 7) is 5.62. The Hall–Kier alpha value is -1.04. The minimum absolute atomic E-state index is 0.232. The topological polar surface area (TPSA) is 38.1 Å². The Morgan fingerprint density at radius 2 is 1.81 bits per heavy atom. The first-order valence-corrected chi connectivity index (χ1v) is 4.88. The van der Waals surface area contributed by atoms with Gasteiger partial charge in [0.25, 0.3) is 0 Å². The van der Waals surface area contributed by atoms with Crippen molar-refractivity contribution in [3.63, 3.8) is 0 Å². The van der Waals surface area contributed by atoms with Gasteiger partial charge in [-0.1, -0.05) is 20.8 Å². The van der Waals surface area contributed by atoms with Crippen LogP contribution >= 0.6 is 0 Å². The van der Waals surface area contributed by atoms with Crippen LogP contribution in [0.4, 0.5) is 13.2 Å². The van der Waals surface area contributed by atoms with Gasteiger partial charge in [0.15, 0.2) is 0 Å². The Morgan fingerprint density at radius 1 is 1.25 bits per heavy atom. The molecule has 0 amide bonds. The quantitative estimate of drug-likeness (QED) is 0.858. The predicted molar refractivity (Wildman–Crippen MR) is 53.0 cm³/mol. The zero-order valence-corrected chi connectivity index (χ0v) is 9.70. The maximum atomic E-state index is 12.4. The molecule has 0 atom stereocenters. The molecule has 1 aromatic heterocycles. The highest BCUT2D eigenvalue weighted by atomic mass is 19.4. The molecule has 6 heteroatoms. The number of halogens is 3. The fourth-order valence-corrected chi connectivity index (χ4v) is 1.34. The third kappa shape index (κ3) is 2.75. The average Bonchev–Trinajstić information content (AvgIpc) is 2.46. The van der Waals surface area contributed by atoms with Crippen molar-refractivity contribution in [2.45, 2.75) is 38.9 Å². The Labute approximate surface area is 92.0 Å². The van der Waals surface area contributed by atoms with E-state index in [4.69, 9.17) is 4.42 Å². The van der Waals surface area contributed by atoms with Gasteiger partial charge >= 0.3 is 12.1 Å². The fraction of sp³-hybridized carbons (Fsp3) is 0.700. The zero-order valence-electron chi connectivity index (χ0n) is 9.70. The molecule has 0 radical (unpaired) electrons. The summed E-state index contributed by atoms with van der Waals surface area (Å²) in [4.78, 5) is 3.54. The van der Waals surface area contributed by atoms with E-state index in [2.05, 4.69) is 10.3 Å². The van der Waals surface area contributed by atoms with E-state index >= 15 is 0 Å². The SMILES string of the molecule is CNCc1oc(C(F)(F)F)nc1C(C)(C)C. The maximum Gasteiger partial charge on any atom is 0.468 e.